The number of rotatable bonds is 5. The molecule has 0 heterocycles. The molecule has 0 aliphatic rings. The van der Waals surface area contributed by atoms with Crippen LogP contribution < -0.4 is 11.1 Å². The molecular weight excluding hydrogens is 316 g/mol. The maximum Gasteiger partial charge on any atom is 0.255 e. The van der Waals surface area contributed by atoms with Crippen LogP contribution in [-0.2, 0) is 11.2 Å². The Morgan fingerprint density at radius 1 is 1.17 bits per heavy atom. The third kappa shape index (κ3) is 3.73. The van der Waals surface area contributed by atoms with E-state index in [4.69, 9.17) is 11.0 Å². The summed E-state index contributed by atoms with van der Waals surface area (Å²) in [5.41, 5.74) is 5.57. The Bertz CT molecular complexity index is 831. The quantitative estimate of drug-likeness (QED) is 0.873. The molecule has 0 aromatic heterocycles. The van der Waals surface area contributed by atoms with Crippen LogP contribution in [0.1, 0.15) is 21.5 Å². The van der Waals surface area contributed by atoms with E-state index in [0.717, 1.165) is 12.1 Å². The van der Waals surface area contributed by atoms with Crippen molar-refractivity contribution in [3.8, 4) is 6.07 Å². The Labute approximate surface area is 136 Å². The maximum atomic E-state index is 13.7. The number of nitrogens with one attached hydrogen (secondary N) is 1. The molecular formula is C17H13F2N3O2. The summed E-state index contributed by atoms with van der Waals surface area (Å²) in [5, 5.41) is 11.3. The molecule has 0 saturated heterocycles. The van der Waals surface area contributed by atoms with Gasteiger partial charge in [-0.15, -0.1) is 0 Å². The number of halogens is 2. The van der Waals surface area contributed by atoms with Crippen molar-refractivity contribution < 1.29 is 18.4 Å². The molecule has 0 fully saturated rings. The Morgan fingerprint density at radius 2 is 1.88 bits per heavy atom. The lowest BCUT2D eigenvalue weighted by Crippen LogP contribution is -2.46. The highest BCUT2D eigenvalue weighted by atomic mass is 19.2. The second-order valence-electron chi connectivity index (χ2n) is 5.00. The summed E-state index contributed by atoms with van der Waals surface area (Å²) in [6, 6.07) is 10.4. The summed E-state index contributed by atoms with van der Waals surface area (Å²) < 4.78 is 26.9. The fourth-order valence-corrected chi connectivity index (χ4v) is 2.17. The second kappa shape index (κ2) is 7.33. The van der Waals surface area contributed by atoms with Crippen LogP contribution in [-0.4, -0.2) is 17.9 Å². The van der Waals surface area contributed by atoms with Gasteiger partial charge < -0.3 is 11.1 Å². The number of nitrogens with zero attached hydrogens (tertiary/aromatic N) is 1. The van der Waals surface area contributed by atoms with Crippen LogP contribution in [0.4, 0.5) is 8.78 Å². The van der Waals surface area contributed by atoms with Gasteiger partial charge >= 0.3 is 0 Å². The van der Waals surface area contributed by atoms with Gasteiger partial charge in [0.05, 0.1) is 17.2 Å². The van der Waals surface area contributed by atoms with E-state index in [1.807, 2.05) is 6.07 Å². The first-order valence-electron chi connectivity index (χ1n) is 6.96. The largest absolute Gasteiger partial charge is 0.368 e. The van der Waals surface area contributed by atoms with Gasteiger partial charge in [0.25, 0.3) is 5.91 Å². The van der Waals surface area contributed by atoms with Crippen molar-refractivity contribution in [2.24, 2.45) is 5.73 Å². The van der Waals surface area contributed by atoms with Crippen LogP contribution in [0.3, 0.4) is 0 Å². The van der Waals surface area contributed by atoms with Gasteiger partial charge in [0.1, 0.15) is 6.04 Å². The van der Waals surface area contributed by atoms with Gasteiger partial charge in [-0.1, -0.05) is 24.3 Å². The van der Waals surface area contributed by atoms with Gasteiger partial charge in [-0.2, -0.15) is 5.26 Å². The number of nitrogens with two attached hydrogens (primary N) is 1. The SMILES string of the molecule is N#Cc1ccccc1C[C@H](NC(=O)c1cccc(F)c1F)C(N)=O. The van der Waals surface area contributed by atoms with Gasteiger partial charge in [0.2, 0.25) is 5.91 Å². The van der Waals surface area contributed by atoms with Crippen LogP contribution in [0.15, 0.2) is 42.5 Å². The highest BCUT2D eigenvalue weighted by molar-refractivity contribution is 5.97. The number of carbonyl (C=O) groups excluding carboxylic acids is 2. The summed E-state index contributed by atoms with van der Waals surface area (Å²) in [4.78, 5) is 23.7. The van der Waals surface area contributed by atoms with Crippen LogP contribution in [0.25, 0.3) is 0 Å². The fourth-order valence-electron chi connectivity index (χ4n) is 2.17. The van der Waals surface area contributed by atoms with Crippen molar-refractivity contribution in [2.75, 3.05) is 0 Å². The van der Waals surface area contributed by atoms with Gasteiger partial charge in [-0.3, -0.25) is 9.59 Å². The molecule has 2 rings (SSSR count). The van der Waals surface area contributed by atoms with E-state index in [-0.39, 0.29) is 6.42 Å². The topological polar surface area (TPSA) is 96.0 Å². The predicted molar refractivity (Wildman–Crippen MR) is 81.7 cm³/mol. The van der Waals surface area contributed by atoms with Gasteiger partial charge in [-0.05, 0) is 23.8 Å². The monoisotopic (exact) mass is 329 g/mol. The molecule has 0 bridgehead atoms. The van der Waals surface area contributed by atoms with E-state index in [1.54, 1.807) is 24.3 Å². The first kappa shape index (κ1) is 17.1. The Hall–Kier alpha value is -3.27. The second-order valence-corrected chi connectivity index (χ2v) is 5.00. The van der Waals surface area contributed by atoms with E-state index in [9.17, 15) is 18.4 Å². The number of hydrogen-bond acceptors (Lipinski definition) is 3. The number of benzene rings is 2. The van der Waals surface area contributed by atoms with Crippen LogP contribution in [0.5, 0.6) is 0 Å². The standard InChI is InChI=1S/C17H13F2N3O2/c18-13-7-3-6-12(15(13)19)17(24)22-14(16(21)23)8-10-4-1-2-5-11(10)9-20/h1-7,14H,8H2,(H2,21,23)(H,22,24)/t14-/m0/s1. The fraction of sp³-hybridized carbons (Fsp3) is 0.118. The Morgan fingerprint density at radius 3 is 2.54 bits per heavy atom. The Balaban J connectivity index is 2.23. The lowest BCUT2D eigenvalue weighted by Gasteiger charge is -2.16. The third-order valence-corrected chi connectivity index (χ3v) is 3.41. The third-order valence-electron chi connectivity index (χ3n) is 3.41. The van der Waals surface area contributed by atoms with Crippen LogP contribution >= 0.6 is 0 Å². The predicted octanol–water partition coefficient (Wildman–Crippen LogP) is 1.66. The van der Waals surface area contributed by atoms with Gasteiger partial charge in [-0.25, -0.2) is 8.78 Å². The number of carbonyl (C=O) groups is 2. The molecule has 3 N–H and O–H groups in total. The lowest BCUT2D eigenvalue weighted by atomic mass is 10.00. The van der Waals surface area contributed by atoms with E-state index >= 15 is 0 Å². The molecule has 0 aliphatic carbocycles. The minimum absolute atomic E-state index is 0.0399. The zero-order valence-electron chi connectivity index (χ0n) is 12.4. The molecule has 0 saturated carbocycles. The summed E-state index contributed by atoms with van der Waals surface area (Å²) in [6.45, 7) is 0. The zero-order valence-corrected chi connectivity index (χ0v) is 12.4. The van der Waals surface area contributed by atoms with E-state index in [2.05, 4.69) is 5.32 Å². The molecule has 0 spiro atoms. The van der Waals surface area contributed by atoms with E-state index in [1.165, 1.54) is 6.07 Å². The van der Waals surface area contributed by atoms with Gasteiger partial charge in [0, 0.05) is 6.42 Å². The van der Waals surface area contributed by atoms with Crippen LogP contribution in [0, 0.1) is 23.0 Å². The number of amides is 2. The van der Waals surface area contributed by atoms with E-state index in [0.29, 0.717) is 11.1 Å². The highest BCUT2D eigenvalue weighted by Gasteiger charge is 2.23. The molecule has 2 aromatic rings. The molecule has 0 aliphatic heterocycles. The summed E-state index contributed by atoms with van der Waals surface area (Å²) >= 11 is 0. The lowest BCUT2D eigenvalue weighted by molar-refractivity contribution is -0.119. The molecule has 0 unspecified atom stereocenters. The number of nitriles is 1. The molecule has 122 valence electrons. The minimum Gasteiger partial charge on any atom is -0.368 e. The first-order chi connectivity index (χ1) is 11.4. The normalized spacial score (nSPS) is 11.4. The molecule has 2 aromatic carbocycles. The summed E-state index contributed by atoms with van der Waals surface area (Å²) in [6.07, 6.45) is -0.0399. The van der Waals surface area contributed by atoms with Crippen molar-refractivity contribution in [3.63, 3.8) is 0 Å². The van der Waals surface area contributed by atoms with Gasteiger partial charge in [0.15, 0.2) is 11.6 Å². The summed E-state index contributed by atoms with van der Waals surface area (Å²) in [7, 11) is 0. The average molecular weight is 329 g/mol. The molecule has 5 nitrogen and oxygen atoms in total. The molecule has 24 heavy (non-hydrogen) atoms. The molecule has 2 amide bonds. The van der Waals surface area contributed by atoms with Crippen molar-refractivity contribution in [2.45, 2.75) is 12.5 Å². The minimum atomic E-state index is -1.31. The van der Waals surface area contributed by atoms with Crippen molar-refractivity contribution in [1.82, 2.24) is 5.32 Å². The molecule has 1 atom stereocenters. The Kier molecular flexibility index (Phi) is 5.22. The zero-order chi connectivity index (χ0) is 17.7. The number of primary amides is 1. The first-order valence-corrected chi connectivity index (χ1v) is 6.96. The molecule has 0 radical (unpaired) electrons. The van der Waals surface area contributed by atoms with Crippen LogP contribution in [0.2, 0.25) is 0 Å². The van der Waals surface area contributed by atoms with E-state index < -0.39 is 35.1 Å². The van der Waals surface area contributed by atoms with Crippen molar-refractivity contribution in [1.29, 1.82) is 5.26 Å². The van der Waals surface area contributed by atoms with Crippen molar-refractivity contribution >= 4 is 11.8 Å². The average Bonchev–Trinajstić information content (AvgIpc) is 2.57. The smallest absolute Gasteiger partial charge is 0.255 e. The van der Waals surface area contributed by atoms with Crippen molar-refractivity contribution in [3.05, 3.63) is 70.8 Å². The summed E-state index contributed by atoms with van der Waals surface area (Å²) in [5.74, 6) is -4.30. The number of hydrogen-bond donors (Lipinski definition) is 2. The molecule has 7 heteroatoms. The highest BCUT2D eigenvalue weighted by Crippen LogP contribution is 2.13. The maximum absolute atomic E-state index is 13.7.